The molecule has 1 saturated heterocycles. The van der Waals surface area contributed by atoms with Crippen LogP contribution in [0.3, 0.4) is 0 Å². The van der Waals surface area contributed by atoms with Crippen LogP contribution in [0, 0.1) is 31.6 Å². The van der Waals surface area contributed by atoms with Gasteiger partial charge in [0.25, 0.3) is 0 Å². The van der Waals surface area contributed by atoms with E-state index in [1.54, 1.807) is 0 Å². The number of fused-ring (bicyclic) bond motifs is 1. The van der Waals surface area contributed by atoms with Gasteiger partial charge >= 0.3 is 0 Å². The first-order chi connectivity index (χ1) is 7.74. The third-order valence-electron chi connectivity index (χ3n) is 3.91. The number of ether oxygens (including phenoxy) is 1. The first kappa shape index (κ1) is 10.2. The van der Waals surface area contributed by atoms with E-state index in [0.29, 0.717) is 0 Å². The molecule has 0 aromatic heterocycles. The lowest BCUT2D eigenvalue weighted by Crippen LogP contribution is -2.17. The molecule has 2 nitrogen and oxygen atoms in total. The zero-order valence-corrected chi connectivity index (χ0v) is 9.99. The number of hydrogen-bond donors (Lipinski definition) is 1. The molecule has 1 aromatic rings. The highest BCUT2D eigenvalue weighted by Crippen LogP contribution is 2.48. The van der Waals surface area contributed by atoms with Crippen LogP contribution in [-0.4, -0.2) is 19.7 Å². The summed E-state index contributed by atoms with van der Waals surface area (Å²) in [5.41, 5.74) is 2.57. The number of hydrogen-bond acceptors (Lipinski definition) is 2. The van der Waals surface area contributed by atoms with E-state index in [9.17, 15) is 0 Å². The summed E-state index contributed by atoms with van der Waals surface area (Å²) >= 11 is 0. The molecule has 1 N–H and O–H groups in total. The third-order valence-corrected chi connectivity index (χ3v) is 3.91. The van der Waals surface area contributed by atoms with E-state index in [1.807, 2.05) is 0 Å². The minimum atomic E-state index is 0.807. The smallest absolute Gasteiger partial charge is 0.119 e. The van der Waals surface area contributed by atoms with Gasteiger partial charge in [-0.15, -0.1) is 0 Å². The third kappa shape index (κ3) is 1.82. The Kier molecular flexibility index (Phi) is 2.40. The maximum absolute atomic E-state index is 5.90. The zero-order valence-electron chi connectivity index (χ0n) is 9.99. The van der Waals surface area contributed by atoms with Crippen LogP contribution in [-0.2, 0) is 0 Å². The molecule has 2 unspecified atom stereocenters. The Morgan fingerprint density at radius 1 is 1.12 bits per heavy atom. The average molecular weight is 217 g/mol. The van der Waals surface area contributed by atoms with Crippen molar-refractivity contribution in [3.05, 3.63) is 29.3 Å². The van der Waals surface area contributed by atoms with Crippen molar-refractivity contribution in [1.82, 2.24) is 5.32 Å². The van der Waals surface area contributed by atoms with E-state index < -0.39 is 0 Å². The summed E-state index contributed by atoms with van der Waals surface area (Å²) in [7, 11) is 0. The lowest BCUT2D eigenvalue weighted by atomic mass is 10.1. The molecular formula is C14H19NO. The van der Waals surface area contributed by atoms with Gasteiger partial charge in [0.2, 0.25) is 0 Å². The summed E-state index contributed by atoms with van der Waals surface area (Å²) in [6, 6.07) is 6.44. The van der Waals surface area contributed by atoms with Crippen molar-refractivity contribution in [2.75, 3.05) is 19.7 Å². The average Bonchev–Trinajstić information content (AvgIpc) is 2.68. The van der Waals surface area contributed by atoms with Gasteiger partial charge < -0.3 is 10.1 Å². The van der Waals surface area contributed by atoms with Gasteiger partial charge in [-0.2, -0.15) is 0 Å². The molecule has 86 valence electrons. The first-order valence-corrected chi connectivity index (χ1v) is 6.16. The summed E-state index contributed by atoms with van der Waals surface area (Å²) in [4.78, 5) is 0. The van der Waals surface area contributed by atoms with Crippen LogP contribution in [0.4, 0.5) is 0 Å². The Hall–Kier alpha value is -1.02. The normalized spacial score (nSPS) is 31.2. The topological polar surface area (TPSA) is 21.3 Å². The highest BCUT2D eigenvalue weighted by molar-refractivity contribution is 5.33. The molecule has 2 heteroatoms. The Bertz CT molecular complexity index is 371. The van der Waals surface area contributed by atoms with E-state index in [4.69, 9.17) is 4.74 Å². The Labute approximate surface area is 97.0 Å². The van der Waals surface area contributed by atoms with Gasteiger partial charge in [-0.05, 0) is 62.0 Å². The highest BCUT2D eigenvalue weighted by Gasteiger charge is 2.52. The summed E-state index contributed by atoms with van der Waals surface area (Å²) < 4.78 is 5.90. The van der Waals surface area contributed by atoms with Gasteiger partial charge in [0.1, 0.15) is 5.75 Å². The SMILES string of the molecule is Cc1cc(C)cc(OCC2C3CNCC32)c1. The molecule has 1 aliphatic carbocycles. The molecule has 0 radical (unpaired) electrons. The minimum absolute atomic E-state index is 0.807. The maximum atomic E-state index is 5.90. The van der Waals surface area contributed by atoms with Crippen molar-refractivity contribution in [2.24, 2.45) is 17.8 Å². The van der Waals surface area contributed by atoms with Gasteiger partial charge in [-0.25, -0.2) is 0 Å². The molecule has 3 rings (SSSR count). The van der Waals surface area contributed by atoms with Gasteiger partial charge in [-0.3, -0.25) is 0 Å². The standard InChI is InChI=1S/C14H19NO/c1-9-3-10(2)5-11(4-9)16-8-14-12-6-15-7-13(12)14/h3-5,12-15H,6-8H2,1-2H3. The van der Waals surface area contributed by atoms with Gasteiger partial charge in [0.15, 0.2) is 0 Å². The van der Waals surface area contributed by atoms with Gasteiger partial charge in [-0.1, -0.05) is 6.07 Å². The maximum Gasteiger partial charge on any atom is 0.119 e. The molecular weight excluding hydrogens is 198 g/mol. The van der Waals surface area contributed by atoms with E-state index in [2.05, 4.69) is 37.4 Å². The van der Waals surface area contributed by atoms with Gasteiger partial charge in [0.05, 0.1) is 6.61 Å². The summed E-state index contributed by atoms with van der Waals surface area (Å²) in [5, 5.41) is 3.41. The fourth-order valence-electron chi connectivity index (χ4n) is 3.00. The molecule has 2 fully saturated rings. The zero-order chi connectivity index (χ0) is 11.1. The van der Waals surface area contributed by atoms with Crippen LogP contribution < -0.4 is 10.1 Å². The quantitative estimate of drug-likeness (QED) is 0.837. The second-order valence-electron chi connectivity index (χ2n) is 5.28. The van der Waals surface area contributed by atoms with Crippen molar-refractivity contribution in [2.45, 2.75) is 13.8 Å². The largest absolute Gasteiger partial charge is 0.493 e. The highest BCUT2D eigenvalue weighted by atomic mass is 16.5. The molecule has 0 spiro atoms. The summed E-state index contributed by atoms with van der Waals surface area (Å²) in [5.74, 6) is 3.63. The Morgan fingerprint density at radius 3 is 2.38 bits per heavy atom. The van der Waals surface area contributed by atoms with Crippen molar-refractivity contribution in [1.29, 1.82) is 0 Å². The fraction of sp³-hybridized carbons (Fsp3) is 0.571. The van der Waals surface area contributed by atoms with Crippen LogP contribution >= 0.6 is 0 Å². The van der Waals surface area contributed by atoms with E-state index in [-0.39, 0.29) is 0 Å². The molecule has 1 heterocycles. The summed E-state index contributed by atoms with van der Waals surface area (Å²) in [6.45, 7) is 7.54. The van der Waals surface area contributed by atoms with Gasteiger partial charge in [0, 0.05) is 5.92 Å². The molecule has 2 aliphatic rings. The Balaban J connectivity index is 1.58. The number of rotatable bonds is 3. The van der Waals surface area contributed by atoms with Crippen LogP contribution in [0.2, 0.25) is 0 Å². The fourth-order valence-corrected chi connectivity index (χ4v) is 3.00. The predicted molar refractivity (Wildman–Crippen MR) is 64.8 cm³/mol. The van der Waals surface area contributed by atoms with Crippen LogP contribution in [0.15, 0.2) is 18.2 Å². The minimum Gasteiger partial charge on any atom is -0.493 e. The number of aryl methyl sites for hydroxylation is 2. The van der Waals surface area contributed by atoms with E-state index in [1.165, 1.54) is 24.2 Å². The summed E-state index contributed by atoms with van der Waals surface area (Å²) in [6.07, 6.45) is 0. The Morgan fingerprint density at radius 2 is 1.75 bits per heavy atom. The molecule has 1 aromatic carbocycles. The monoisotopic (exact) mass is 217 g/mol. The lowest BCUT2D eigenvalue weighted by molar-refractivity contribution is 0.280. The van der Waals surface area contributed by atoms with Crippen molar-refractivity contribution >= 4 is 0 Å². The van der Waals surface area contributed by atoms with Crippen LogP contribution in [0.5, 0.6) is 5.75 Å². The van der Waals surface area contributed by atoms with Crippen molar-refractivity contribution < 1.29 is 4.74 Å². The first-order valence-electron chi connectivity index (χ1n) is 6.16. The second kappa shape index (κ2) is 3.77. The molecule has 1 aliphatic heterocycles. The lowest BCUT2D eigenvalue weighted by Gasteiger charge is -2.09. The number of nitrogens with one attached hydrogen (secondary N) is 1. The van der Waals surface area contributed by atoms with E-state index in [0.717, 1.165) is 30.1 Å². The number of piperidine rings is 1. The van der Waals surface area contributed by atoms with Crippen LogP contribution in [0.1, 0.15) is 11.1 Å². The van der Waals surface area contributed by atoms with E-state index >= 15 is 0 Å². The van der Waals surface area contributed by atoms with Crippen LogP contribution in [0.25, 0.3) is 0 Å². The van der Waals surface area contributed by atoms with Crippen molar-refractivity contribution in [3.8, 4) is 5.75 Å². The molecule has 2 atom stereocenters. The molecule has 1 saturated carbocycles. The molecule has 0 amide bonds. The second-order valence-corrected chi connectivity index (χ2v) is 5.28. The molecule has 0 bridgehead atoms. The predicted octanol–water partition coefficient (Wildman–Crippen LogP) is 2.15. The number of benzene rings is 1. The molecule has 16 heavy (non-hydrogen) atoms. The van der Waals surface area contributed by atoms with Crippen molar-refractivity contribution in [3.63, 3.8) is 0 Å².